The summed E-state index contributed by atoms with van der Waals surface area (Å²) in [6, 6.07) is 8.23. The Morgan fingerprint density at radius 3 is 2.57 bits per heavy atom. The van der Waals surface area contributed by atoms with Crippen molar-refractivity contribution in [2.75, 3.05) is 19.6 Å². The highest BCUT2D eigenvalue weighted by Crippen LogP contribution is 2.31. The lowest BCUT2D eigenvalue weighted by atomic mass is 9.84. The van der Waals surface area contributed by atoms with Crippen molar-refractivity contribution in [3.8, 4) is 0 Å². The van der Waals surface area contributed by atoms with E-state index >= 15 is 0 Å². The topological polar surface area (TPSA) is 66.5 Å². The summed E-state index contributed by atoms with van der Waals surface area (Å²) in [6.45, 7) is 2.39. The largest absolute Gasteiger partial charge is 0.302 e. The number of benzene rings is 1. The van der Waals surface area contributed by atoms with Crippen LogP contribution in [0.5, 0.6) is 0 Å². The molecule has 23 heavy (non-hydrogen) atoms. The zero-order valence-corrected chi connectivity index (χ0v) is 13.2. The Bertz CT molecular complexity index is 606. The number of nitrogens with one attached hydrogen (secondary N) is 1. The van der Waals surface area contributed by atoms with Gasteiger partial charge in [0.1, 0.15) is 6.29 Å². The van der Waals surface area contributed by atoms with Gasteiger partial charge in [0, 0.05) is 6.42 Å². The van der Waals surface area contributed by atoms with Crippen molar-refractivity contribution in [1.82, 2.24) is 10.2 Å². The second-order valence-corrected chi connectivity index (χ2v) is 6.42. The summed E-state index contributed by atoms with van der Waals surface area (Å²) >= 11 is 0. The Kier molecular flexibility index (Phi) is 4.86. The summed E-state index contributed by atoms with van der Waals surface area (Å²) in [5.74, 6) is -0.0990. The monoisotopic (exact) mass is 314 g/mol. The fourth-order valence-electron chi connectivity index (χ4n) is 3.60. The van der Waals surface area contributed by atoms with E-state index in [1.165, 1.54) is 5.56 Å². The van der Waals surface area contributed by atoms with Crippen LogP contribution >= 0.6 is 0 Å². The number of nitrogens with zero attached hydrogens (tertiary/aromatic N) is 1. The number of carbonyl (C=O) groups excluding carboxylic acids is 3. The molecule has 2 heterocycles. The molecule has 122 valence electrons. The van der Waals surface area contributed by atoms with Gasteiger partial charge in [-0.25, -0.2) is 0 Å². The van der Waals surface area contributed by atoms with Crippen LogP contribution in [0, 0.1) is 0 Å². The third kappa shape index (κ3) is 3.67. The number of amides is 2. The number of hydrogen-bond acceptors (Lipinski definition) is 4. The normalized spacial score (nSPS) is 23.6. The second kappa shape index (κ2) is 7.04. The molecule has 2 fully saturated rings. The van der Waals surface area contributed by atoms with E-state index in [1.54, 1.807) is 0 Å². The summed E-state index contributed by atoms with van der Waals surface area (Å²) in [5, 5.41) is 2.43. The maximum atomic E-state index is 12.0. The molecule has 1 aromatic rings. The molecular formula is C18H22N2O3. The minimum Gasteiger partial charge on any atom is -0.302 e. The van der Waals surface area contributed by atoms with Crippen LogP contribution in [0.3, 0.4) is 0 Å². The van der Waals surface area contributed by atoms with Crippen molar-refractivity contribution in [3.05, 3.63) is 35.4 Å². The van der Waals surface area contributed by atoms with E-state index in [9.17, 15) is 14.4 Å². The number of aldehydes is 1. The van der Waals surface area contributed by atoms with E-state index in [1.807, 2.05) is 12.1 Å². The van der Waals surface area contributed by atoms with Crippen LogP contribution in [0.1, 0.15) is 48.6 Å². The first-order valence-corrected chi connectivity index (χ1v) is 8.27. The van der Waals surface area contributed by atoms with Crippen LogP contribution in [-0.2, 0) is 14.4 Å². The van der Waals surface area contributed by atoms with E-state index in [4.69, 9.17) is 0 Å². The molecule has 0 spiro atoms. The van der Waals surface area contributed by atoms with Crippen LogP contribution in [0.2, 0.25) is 0 Å². The molecule has 2 aliphatic heterocycles. The predicted octanol–water partition coefficient (Wildman–Crippen LogP) is 1.59. The van der Waals surface area contributed by atoms with Gasteiger partial charge in [-0.2, -0.15) is 0 Å². The second-order valence-electron chi connectivity index (χ2n) is 6.42. The average Bonchev–Trinajstić information content (AvgIpc) is 2.56. The Hall–Kier alpha value is -2.01. The number of imide groups is 1. The predicted molar refractivity (Wildman–Crippen MR) is 86.0 cm³/mol. The highest BCUT2D eigenvalue weighted by atomic mass is 16.2. The van der Waals surface area contributed by atoms with Crippen LogP contribution in [-0.4, -0.2) is 42.6 Å². The highest BCUT2D eigenvalue weighted by molar-refractivity contribution is 6.00. The molecule has 0 bridgehead atoms. The summed E-state index contributed by atoms with van der Waals surface area (Å²) in [4.78, 5) is 36.1. The lowest BCUT2D eigenvalue weighted by Gasteiger charge is -2.31. The molecule has 1 aromatic carbocycles. The number of likely N-dealkylation sites (tertiary alicyclic amines) is 1. The zero-order chi connectivity index (χ0) is 16.2. The smallest absolute Gasteiger partial charge is 0.234 e. The lowest BCUT2D eigenvalue weighted by Crippen LogP contribution is -2.39. The number of hydrogen-bond donors (Lipinski definition) is 1. The Morgan fingerprint density at radius 1 is 1.13 bits per heavy atom. The van der Waals surface area contributed by atoms with Crippen molar-refractivity contribution in [3.63, 3.8) is 0 Å². The van der Waals surface area contributed by atoms with Crippen LogP contribution < -0.4 is 5.32 Å². The molecule has 3 rings (SSSR count). The van der Waals surface area contributed by atoms with Crippen molar-refractivity contribution >= 4 is 18.1 Å². The number of rotatable bonds is 4. The molecule has 0 saturated carbocycles. The molecule has 1 N–H and O–H groups in total. The zero-order valence-electron chi connectivity index (χ0n) is 13.2. The average molecular weight is 314 g/mol. The third-order valence-corrected chi connectivity index (χ3v) is 4.94. The van der Waals surface area contributed by atoms with Crippen LogP contribution in [0.15, 0.2) is 24.3 Å². The first kappa shape index (κ1) is 15.9. The molecule has 5 nitrogen and oxygen atoms in total. The van der Waals surface area contributed by atoms with Gasteiger partial charge in [-0.3, -0.25) is 19.8 Å². The molecule has 0 radical (unpaired) electrons. The van der Waals surface area contributed by atoms with Gasteiger partial charge in [0.25, 0.3) is 0 Å². The van der Waals surface area contributed by atoms with Crippen molar-refractivity contribution in [2.24, 2.45) is 0 Å². The summed E-state index contributed by atoms with van der Waals surface area (Å²) in [5.41, 5.74) is 2.26. The molecule has 1 atom stereocenters. The standard InChI is InChI=1S/C18H22N2O3/c21-11-10-20-8-6-13(7-9-20)14-2-1-3-15(12-14)16-4-5-17(22)19-18(16)23/h1-3,11-13,16H,4-10H2,(H,19,22,23)/t16-/m0/s1. The number of carbonyl (C=O) groups is 3. The van der Waals surface area contributed by atoms with Gasteiger partial charge in [-0.15, -0.1) is 0 Å². The third-order valence-electron chi connectivity index (χ3n) is 4.94. The lowest BCUT2D eigenvalue weighted by molar-refractivity contribution is -0.134. The summed E-state index contributed by atoms with van der Waals surface area (Å²) < 4.78 is 0. The van der Waals surface area contributed by atoms with E-state index in [0.29, 0.717) is 25.3 Å². The molecule has 2 amide bonds. The minimum absolute atomic E-state index is 0.176. The minimum atomic E-state index is -0.220. The van der Waals surface area contributed by atoms with Crippen molar-refractivity contribution in [2.45, 2.75) is 37.5 Å². The fraction of sp³-hybridized carbons (Fsp3) is 0.500. The van der Waals surface area contributed by atoms with E-state index in [2.05, 4.69) is 22.3 Å². The van der Waals surface area contributed by atoms with Gasteiger partial charge in [0.15, 0.2) is 0 Å². The SMILES string of the molecule is O=CCN1CCC(c2cccc([C@@H]3CCC(=O)NC3=O)c2)CC1. The molecular weight excluding hydrogens is 292 g/mol. The van der Waals surface area contributed by atoms with Gasteiger partial charge in [-0.05, 0) is 49.4 Å². The molecule has 5 heteroatoms. The van der Waals surface area contributed by atoms with Gasteiger partial charge < -0.3 is 4.79 Å². The Morgan fingerprint density at radius 2 is 1.87 bits per heavy atom. The maximum absolute atomic E-state index is 12.0. The van der Waals surface area contributed by atoms with E-state index < -0.39 is 0 Å². The van der Waals surface area contributed by atoms with Crippen molar-refractivity contribution in [1.29, 1.82) is 0 Å². The van der Waals surface area contributed by atoms with E-state index in [-0.39, 0.29) is 17.7 Å². The fourth-order valence-corrected chi connectivity index (χ4v) is 3.60. The summed E-state index contributed by atoms with van der Waals surface area (Å²) in [6.07, 6.45) is 4.03. The molecule has 0 unspecified atom stereocenters. The van der Waals surface area contributed by atoms with Crippen LogP contribution in [0.25, 0.3) is 0 Å². The molecule has 0 aliphatic carbocycles. The van der Waals surface area contributed by atoms with Crippen LogP contribution in [0.4, 0.5) is 0 Å². The summed E-state index contributed by atoms with van der Waals surface area (Å²) in [7, 11) is 0. The highest BCUT2D eigenvalue weighted by Gasteiger charge is 2.28. The van der Waals surface area contributed by atoms with E-state index in [0.717, 1.165) is 37.8 Å². The first-order valence-electron chi connectivity index (χ1n) is 8.27. The maximum Gasteiger partial charge on any atom is 0.234 e. The van der Waals surface area contributed by atoms with Gasteiger partial charge >= 0.3 is 0 Å². The van der Waals surface area contributed by atoms with Gasteiger partial charge in [0.2, 0.25) is 11.8 Å². The Balaban J connectivity index is 1.69. The number of piperidine rings is 2. The molecule has 2 saturated heterocycles. The molecule has 2 aliphatic rings. The quantitative estimate of drug-likeness (QED) is 0.677. The van der Waals surface area contributed by atoms with Crippen molar-refractivity contribution < 1.29 is 14.4 Å². The van der Waals surface area contributed by atoms with Gasteiger partial charge in [-0.1, -0.05) is 24.3 Å². The molecule has 0 aromatic heterocycles. The first-order chi connectivity index (χ1) is 11.2. The Labute approximate surface area is 136 Å². The van der Waals surface area contributed by atoms with Gasteiger partial charge in [0.05, 0.1) is 12.5 Å².